The molecule has 0 saturated heterocycles. The number of carboxylic acids is 1. The fourth-order valence-electron chi connectivity index (χ4n) is 3.48. The number of rotatable bonds is 19. The van der Waals surface area contributed by atoms with E-state index in [4.69, 9.17) is 28.0 Å². The highest BCUT2D eigenvalue weighted by Crippen LogP contribution is 2.06. The molecule has 0 aromatic rings. The number of guanidine groups is 1. The van der Waals surface area contributed by atoms with E-state index in [1.54, 1.807) is 0 Å². The standard InChI is InChI=1S/C24H47N9O6/c1-13(2)12-16(26)20(35)33-18(9-7-11-29-24(27)28)21(36)30-14(3)19(34)32-17(8-5-6-10-25)22(37)31-15(4)23(38)39/h13-18H,5-12,25-26H2,1-4H3,(H,30,36)(H,31,37)(H,32,34)(H,33,35)(H,38,39)(H4,27,28,29)/t14-,15-,16+,17-,18+/m0/s1. The van der Waals surface area contributed by atoms with Gasteiger partial charge >= 0.3 is 5.97 Å². The average molecular weight is 558 g/mol. The highest BCUT2D eigenvalue weighted by molar-refractivity contribution is 5.95. The molecular weight excluding hydrogens is 510 g/mol. The summed E-state index contributed by atoms with van der Waals surface area (Å²) in [6.45, 7) is 7.17. The van der Waals surface area contributed by atoms with Gasteiger partial charge in [0, 0.05) is 6.54 Å². The van der Waals surface area contributed by atoms with Gasteiger partial charge in [-0.2, -0.15) is 0 Å². The van der Waals surface area contributed by atoms with Gasteiger partial charge in [0.2, 0.25) is 23.6 Å². The summed E-state index contributed by atoms with van der Waals surface area (Å²) in [7, 11) is 0. The molecule has 0 heterocycles. The molecule has 0 aliphatic carbocycles. The third-order valence-corrected chi connectivity index (χ3v) is 5.70. The molecule has 0 aromatic heterocycles. The van der Waals surface area contributed by atoms with E-state index < -0.39 is 59.8 Å². The van der Waals surface area contributed by atoms with Crippen molar-refractivity contribution >= 4 is 35.6 Å². The summed E-state index contributed by atoms with van der Waals surface area (Å²) in [6.07, 6.45) is 2.29. The van der Waals surface area contributed by atoms with Crippen molar-refractivity contribution < 1.29 is 29.1 Å². The zero-order chi connectivity index (χ0) is 30.1. The molecule has 0 rings (SSSR count). The van der Waals surface area contributed by atoms with Crippen molar-refractivity contribution in [2.75, 3.05) is 13.1 Å². The van der Waals surface area contributed by atoms with Crippen LogP contribution in [0.5, 0.6) is 0 Å². The molecular formula is C24H47N9O6. The molecule has 15 heteroatoms. The fraction of sp³-hybridized carbons (Fsp3) is 0.750. The summed E-state index contributed by atoms with van der Waals surface area (Å²) in [5.41, 5.74) is 22.1. The Balaban J connectivity index is 5.41. The number of carboxylic acid groups (broad SMARTS) is 1. The highest BCUT2D eigenvalue weighted by Gasteiger charge is 2.29. The molecule has 39 heavy (non-hydrogen) atoms. The molecule has 0 spiro atoms. The number of nitrogens with zero attached hydrogens (tertiary/aromatic N) is 1. The van der Waals surface area contributed by atoms with Crippen molar-refractivity contribution in [2.24, 2.45) is 33.8 Å². The zero-order valence-corrected chi connectivity index (χ0v) is 23.4. The Morgan fingerprint density at radius 1 is 0.744 bits per heavy atom. The minimum Gasteiger partial charge on any atom is -0.480 e. The molecule has 0 bridgehead atoms. The number of unbranched alkanes of at least 4 members (excludes halogenated alkanes) is 1. The smallest absolute Gasteiger partial charge is 0.325 e. The van der Waals surface area contributed by atoms with Crippen LogP contribution in [-0.4, -0.2) is 84.0 Å². The van der Waals surface area contributed by atoms with Crippen molar-refractivity contribution in [3.8, 4) is 0 Å². The van der Waals surface area contributed by atoms with Gasteiger partial charge in [0.1, 0.15) is 24.2 Å². The summed E-state index contributed by atoms with van der Waals surface area (Å²) in [4.78, 5) is 66.0. The van der Waals surface area contributed by atoms with Crippen molar-refractivity contribution in [1.29, 1.82) is 0 Å². The van der Waals surface area contributed by atoms with Gasteiger partial charge < -0.3 is 49.3 Å². The molecule has 0 saturated carbocycles. The summed E-state index contributed by atoms with van der Waals surface area (Å²) in [5.74, 6) is -3.64. The Morgan fingerprint density at radius 2 is 1.26 bits per heavy atom. The van der Waals surface area contributed by atoms with Crippen molar-refractivity contribution in [3.63, 3.8) is 0 Å². The van der Waals surface area contributed by atoms with Crippen LogP contribution in [0.25, 0.3) is 0 Å². The molecule has 0 aliphatic heterocycles. The first-order chi connectivity index (χ1) is 18.2. The lowest BCUT2D eigenvalue weighted by atomic mass is 10.0. The molecule has 0 aromatic carbocycles. The Hall–Kier alpha value is -3.46. The number of aliphatic carboxylic acids is 1. The second kappa shape index (κ2) is 18.7. The number of carbonyl (C=O) groups is 5. The van der Waals surface area contributed by atoms with Crippen LogP contribution < -0.4 is 44.2 Å². The fourth-order valence-corrected chi connectivity index (χ4v) is 3.48. The number of hydrogen-bond donors (Lipinski definition) is 9. The Bertz CT molecular complexity index is 848. The predicted molar refractivity (Wildman–Crippen MR) is 147 cm³/mol. The summed E-state index contributed by atoms with van der Waals surface area (Å²) < 4.78 is 0. The van der Waals surface area contributed by atoms with E-state index in [1.807, 2.05) is 13.8 Å². The van der Waals surface area contributed by atoms with Crippen LogP contribution in [0.4, 0.5) is 0 Å². The van der Waals surface area contributed by atoms with E-state index in [0.717, 1.165) is 0 Å². The van der Waals surface area contributed by atoms with Crippen LogP contribution in [0.2, 0.25) is 0 Å². The van der Waals surface area contributed by atoms with Crippen LogP contribution in [0.3, 0.4) is 0 Å². The van der Waals surface area contributed by atoms with Gasteiger partial charge in [-0.05, 0) is 64.8 Å². The molecule has 0 unspecified atom stereocenters. The third kappa shape index (κ3) is 15.5. The van der Waals surface area contributed by atoms with Gasteiger partial charge in [-0.3, -0.25) is 29.0 Å². The lowest BCUT2D eigenvalue weighted by Crippen LogP contribution is -2.57. The maximum Gasteiger partial charge on any atom is 0.325 e. The summed E-state index contributed by atoms with van der Waals surface area (Å²) >= 11 is 0. The van der Waals surface area contributed by atoms with Crippen LogP contribution in [0, 0.1) is 5.92 Å². The Labute approximate surface area is 229 Å². The average Bonchev–Trinajstić information content (AvgIpc) is 2.84. The second-order valence-electron chi connectivity index (χ2n) is 9.89. The van der Waals surface area contributed by atoms with E-state index >= 15 is 0 Å². The first-order valence-electron chi connectivity index (χ1n) is 13.1. The molecule has 0 aliphatic rings. The summed E-state index contributed by atoms with van der Waals surface area (Å²) in [5, 5.41) is 19.1. The maximum atomic E-state index is 13.0. The Kier molecular flexibility index (Phi) is 17.1. The van der Waals surface area contributed by atoms with Gasteiger partial charge in [-0.25, -0.2) is 0 Å². The third-order valence-electron chi connectivity index (χ3n) is 5.70. The van der Waals surface area contributed by atoms with Gasteiger partial charge in [0.25, 0.3) is 0 Å². The molecule has 0 fully saturated rings. The van der Waals surface area contributed by atoms with Crippen molar-refractivity contribution in [3.05, 3.63) is 0 Å². The first kappa shape index (κ1) is 35.5. The van der Waals surface area contributed by atoms with Crippen LogP contribution in [0.1, 0.15) is 66.2 Å². The largest absolute Gasteiger partial charge is 0.480 e. The SMILES string of the molecule is CC(C)C[C@@H](N)C(=O)N[C@H](CCCN=C(N)N)C(=O)N[C@@H](C)C(=O)N[C@@H](CCCCN)C(=O)N[C@@H](C)C(=O)O. The van der Waals surface area contributed by atoms with Gasteiger partial charge in [0.05, 0.1) is 6.04 Å². The van der Waals surface area contributed by atoms with Crippen molar-refractivity contribution in [1.82, 2.24) is 21.3 Å². The summed E-state index contributed by atoms with van der Waals surface area (Å²) in [6, 6.07) is -5.11. The van der Waals surface area contributed by atoms with Crippen LogP contribution >= 0.6 is 0 Å². The van der Waals surface area contributed by atoms with E-state index in [1.165, 1.54) is 13.8 Å². The molecule has 15 nitrogen and oxygen atoms in total. The first-order valence-corrected chi connectivity index (χ1v) is 13.1. The van der Waals surface area contributed by atoms with E-state index in [2.05, 4.69) is 26.3 Å². The van der Waals surface area contributed by atoms with Crippen molar-refractivity contribution in [2.45, 2.75) is 96.4 Å². The number of carbonyl (C=O) groups excluding carboxylic acids is 4. The molecule has 5 atom stereocenters. The molecule has 224 valence electrons. The predicted octanol–water partition coefficient (Wildman–Crippen LogP) is -2.39. The minimum atomic E-state index is -1.22. The van der Waals surface area contributed by atoms with Gasteiger partial charge in [0.15, 0.2) is 5.96 Å². The quantitative estimate of drug-likeness (QED) is 0.0461. The molecule has 13 N–H and O–H groups in total. The lowest BCUT2D eigenvalue weighted by Gasteiger charge is -2.25. The lowest BCUT2D eigenvalue weighted by molar-refractivity contribution is -0.141. The van der Waals surface area contributed by atoms with Gasteiger partial charge in [-0.15, -0.1) is 0 Å². The maximum absolute atomic E-state index is 13.0. The molecule has 4 amide bonds. The topological polar surface area (TPSA) is 270 Å². The molecule has 0 radical (unpaired) electrons. The number of aliphatic imine (C=N–C) groups is 1. The van der Waals surface area contributed by atoms with Crippen LogP contribution in [-0.2, 0) is 24.0 Å². The monoisotopic (exact) mass is 557 g/mol. The number of nitrogens with two attached hydrogens (primary N) is 4. The minimum absolute atomic E-state index is 0.105. The number of nitrogens with one attached hydrogen (secondary N) is 4. The normalized spacial score (nSPS) is 14.7. The Morgan fingerprint density at radius 3 is 1.74 bits per heavy atom. The van der Waals surface area contributed by atoms with E-state index in [9.17, 15) is 24.0 Å². The number of amides is 4. The van der Waals surface area contributed by atoms with Crippen LogP contribution in [0.15, 0.2) is 4.99 Å². The second-order valence-corrected chi connectivity index (χ2v) is 9.89. The van der Waals surface area contributed by atoms with E-state index in [-0.39, 0.29) is 31.3 Å². The zero-order valence-electron chi connectivity index (χ0n) is 23.4. The highest BCUT2D eigenvalue weighted by atomic mass is 16.4. The number of hydrogen-bond acceptors (Lipinski definition) is 8. The van der Waals surface area contributed by atoms with Gasteiger partial charge in [-0.1, -0.05) is 13.8 Å². The van der Waals surface area contributed by atoms with E-state index in [0.29, 0.717) is 32.2 Å².